The zero-order valence-electron chi connectivity index (χ0n) is 12.2. The van der Waals surface area contributed by atoms with Crippen LogP contribution in [0.3, 0.4) is 0 Å². The van der Waals surface area contributed by atoms with Gasteiger partial charge in [0.15, 0.2) is 0 Å². The fourth-order valence-corrected chi connectivity index (χ4v) is 3.60. The number of nitrogens with zero attached hydrogens (tertiary/aromatic N) is 5. The SMILES string of the molecule is Cn1cncc1C(C#N)N1CCN(C2CCCC2)CC1. The van der Waals surface area contributed by atoms with Crippen LogP contribution in [0.15, 0.2) is 12.5 Å². The molecule has 1 saturated heterocycles. The Morgan fingerprint density at radius 2 is 1.95 bits per heavy atom. The molecule has 20 heavy (non-hydrogen) atoms. The Labute approximate surface area is 120 Å². The monoisotopic (exact) mass is 273 g/mol. The van der Waals surface area contributed by atoms with Gasteiger partial charge in [0, 0.05) is 39.3 Å². The van der Waals surface area contributed by atoms with Crippen molar-refractivity contribution in [2.45, 2.75) is 37.8 Å². The minimum atomic E-state index is -0.159. The molecule has 5 nitrogen and oxygen atoms in total. The number of hydrogen-bond donors (Lipinski definition) is 0. The van der Waals surface area contributed by atoms with Crippen LogP contribution < -0.4 is 0 Å². The van der Waals surface area contributed by atoms with Gasteiger partial charge in [-0.25, -0.2) is 4.98 Å². The molecular formula is C15H23N5. The van der Waals surface area contributed by atoms with Gasteiger partial charge in [-0.05, 0) is 12.8 Å². The molecule has 1 unspecified atom stereocenters. The van der Waals surface area contributed by atoms with E-state index in [0.29, 0.717) is 0 Å². The predicted octanol–water partition coefficient (Wildman–Crippen LogP) is 1.54. The summed E-state index contributed by atoms with van der Waals surface area (Å²) in [7, 11) is 1.96. The van der Waals surface area contributed by atoms with E-state index in [1.165, 1.54) is 25.7 Å². The van der Waals surface area contributed by atoms with Crippen LogP contribution in [0.5, 0.6) is 0 Å². The maximum atomic E-state index is 9.51. The minimum absolute atomic E-state index is 0.159. The van der Waals surface area contributed by atoms with Crippen molar-refractivity contribution in [1.82, 2.24) is 19.4 Å². The van der Waals surface area contributed by atoms with Crippen LogP contribution in [0.4, 0.5) is 0 Å². The van der Waals surface area contributed by atoms with E-state index in [1.807, 2.05) is 17.8 Å². The molecule has 0 N–H and O–H groups in total. The lowest BCUT2D eigenvalue weighted by atomic mass is 10.1. The zero-order valence-corrected chi connectivity index (χ0v) is 12.2. The van der Waals surface area contributed by atoms with Gasteiger partial charge in [0.1, 0.15) is 6.04 Å². The van der Waals surface area contributed by atoms with Crippen LogP contribution in [0, 0.1) is 11.3 Å². The molecule has 1 aromatic rings. The van der Waals surface area contributed by atoms with E-state index in [0.717, 1.165) is 37.9 Å². The standard InChI is InChI=1S/C15H23N5/c1-18-12-17-11-15(18)14(10-16)20-8-6-19(7-9-20)13-4-2-3-5-13/h11-14H,2-9H2,1H3. The molecule has 0 bridgehead atoms. The van der Waals surface area contributed by atoms with Crippen molar-refractivity contribution in [2.75, 3.05) is 26.2 Å². The Hall–Kier alpha value is -1.38. The molecule has 2 aliphatic rings. The van der Waals surface area contributed by atoms with Gasteiger partial charge >= 0.3 is 0 Å². The smallest absolute Gasteiger partial charge is 0.140 e. The number of imidazole rings is 1. The summed E-state index contributed by atoms with van der Waals surface area (Å²) in [6.07, 6.45) is 9.10. The summed E-state index contributed by atoms with van der Waals surface area (Å²) < 4.78 is 1.96. The first kappa shape index (κ1) is 13.6. The molecule has 1 aliphatic carbocycles. The number of nitriles is 1. The molecule has 1 aromatic heterocycles. The Bertz CT molecular complexity index is 475. The number of aryl methyl sites for hydroxylation is 1. The van der Waals surface area contributed by atoms with Gasteiger partial charge in [-0.1, -0.05) is 12.8 Å². The minimum Gasteiger partial charge on any atom is -0.335 e. The number of piperazine rings is 1. The van der Waals surface area contributed by atoms with E-state index in [9.17, 15) is 5.26 Å². The summed E-state index contributed by atoms with van der Waals surface area (Å²) in [6.45, 7) is 4.17. The highest BCUT2D eigenvalue weighted by Crippen LogP contribution is 2.26. The topological polar surface area (TPSA) is 48.1 Å². The first-order valence-corrected chi connectivity index (χ1v) is 7.63. The van der Waals surface area contributed by atoms with E-state index in [2.05, 4.69) is 20.9 Å². The highest BCUT2D eigenvalue weighted by Gasteiger charge is 2.30. The highest BCUT2D eigenvalue weighted by atomic mass is 15.3. The summed E-state index contributed by atoms with van der Waals surface area (Å²) in [5, 5.41) is 9.51. The third kappa shape index (κ3) is 2.58. The zero-order chi connectivity index (χ0) is 13.9. The van der Waals surface area contributed by atoms with Crippen LogP contribution in [-0.2, 0) is 7.05 Å². The van der Waals surface area contributed by atoms with Crippen LogP contribution in [0.1, 0.15) is 37.4 Å². The summed E-state index contributed by atoms with van der Waals surface area (Å²) in [5.74, 6) is 0. The van der Waals surface area contributed by atoms with Crippen molar-refractivity contribution in [3.63, 3.8) is 0 Å². The van der Waals surface area contributed by atoms with Crippen molar-refractivity contribution in [2.24, 2.45) is 7.05 Å². The Balaban J connectivity index is 1.62. The van der Waals surface area contributed by atoms with E-state index in [4.69, 9.17) is 0 Å². The van der Waals surface area contributed by atoms with Gasteiger partial charge in [0.05, 0.1) is 24.3 Å². The molecule has 5 heteroatoms. The molecule has 108 valence electrons. The van der Waals surface area contributed by atoms with Gasteiger partial charge in [-0.2, -0.15) is 5.26 Å². The molecule has 2 heterocycles. The quantitative estimate of drug-likeness (QED) is 0.838. The lowest BCUT2D eigenvalue weighted by Crippen LogP contribution is -2.50. The second-order valence-electron chi connectivity index (χ2n) is 5.97. The molecule has 1 saturated carbocycles. The fraction of sp³-hybridized carbons (Fsp3) is 0.733. The Morgan fingerprint density at radius 3 is 2.50 bits per heavy atom. The summed E-state index contributed by atoms with van der Waals surface area (Å²) in [6, 6.07) is 3.09. The molecule has 2 fully saturated rings. The largest absolute Gasteiger partial charge is 0.335 e. The molecule has 3 rings (SSSR count). The molecule has 1 atom stereocenters. The van der Waals surface area contributed by atoms with Gasteiger partial charge in [-0.3, -0.25) is 9.80 Å². The lowest BCUT2D eigenvalue weighted by Gasteiger charge is -2.39. The van der Waals surface area contributed by atoms with Gasteiger partial charge < -0.3 is 4.57 Å². The van der Waals surface area contributed by atoms with Crippen molar-refractivity contribution in [3.05, 3.63) is 18.2 Å². The molecule has 0 radical (unpaired) electrons. The fourth-order valence-electron chi connectivity index (χ4n) is 3.60. The summed E-state index contributed by atoms with van der Waals surface area (Å²) >= 11 is 0. The average molecular weight is 273 g/mol. The van der Waals surface area contributed by atoms with E-state index >= 15 is 0 Å². The summed E-state index contributed by atoms with van der Waals surface area (Å²) in [5.41, 5.74) is 1.00. The number of rotatable bonds is 3. The first-order valence-electron chi connectivity index (χ1n) is 7.63. The van der Waals surface area contributed by atoms with Crippen molar-refractivity contribution < 1.29 is 0 Å². The number of hydrogen-bond acceptors (Lipinski definition) is 4. The lowest BCUT2D eigenvalue weighted by molar-refractivity contribution is 0.0824. The van der Waals surface area contributed by atoms with Gasteiger partial charge in [0.2, 0.25) is 0 Å². The number of aromatic nitrogens is 2. The third-order valence-corrected chi connectivity index (χ3v) is 4.81. The van der Waals surface area contributed by atoms with Crippen molar-refractivity contribution >= 4 is 0 Å². The molecular weight excluding hydrogens is 250 g/mol. The molecule has 0 spiro atoms. The maximum Gasteiger partial charge on any atom is 0.140 e. The van der Waals surface area contributed by atoms with E-state index < -0.39 is 0 Å². The summed E-state index contributed by atoms with van der Waals surface area (Å²) in [4.78, 5) is 9.06. The maximum absolute atomic E-state index is 9.51. The van der Waals surface area contributed by atoms with E-state index in [1.54, 1.807) is 6.33 Å². The van der Waals surface area contributed by atoms with Crippen LogP contribution in [0.25, 0.3) is 0 Å². The normalized spacial score (nSPS) is 23.8. The predicted molar refractivity (Wildman–Crippen MR) is 77.0 cm³/mol. The van der Waals surface area contributed by atoms with Crippen LogP contribution >= 0.6 is 0 Å². The van der Waals surface area contributed by atoms with E-state index in [-0.39, 0.29) is 6.04 Å². The molecule has 1 aliphatic heterocycles. The average Bonchev–Trinajstić information content (AvgIpc) is 3.13. The van der Waals surface area contributed by atoms with Crippen LogP contribution in [-0.4, -0.2) is 51.6 Å². The Morgan fingerprint density at radius 1 is 1.25 bits per heavy atom. The van der Waals surface area contributed by atoms with Gasteiger partial charge in [-0.15, -0.1) is 0 Å². The van der Waals surface area contributed by atoms with Crippen molar-refractivity contribution in [3.8, 4) is 6.07 Å². The van der Waals surface area contributed by atoms with Gasteiger partial charge in [0.25, 0.3) is 0 Å². The second kappa shape index (κ2) is 5.94. The molecule has 0 amide bonds. The second-order valence-corrected chi connectivity index (χ2v) is 5.97. The van der Waals surface area contributed by atoms with Crippen LogP contribution in [0.2, 0.25) is 0 Å². The third-order valence-electron chi connectivity index (χ3n) is 4.81. The van der Waals surface area contributed by atoms with Crippen molar-refractivity contribution in [1.29, 1.82) is 5.26 Å². The molecule has 0 aromatic carbocycles. The highest BCUT2D eigenvalue weighted by molar-refractivity contribution is 5.14. The first-order chi connectivity index (χ1) is 9.79. The Kier molecular flexibility index (Phi) is 4.04.